The van der Waals surface area contributed by atoms with E-state index < -0.39 is 11.6 Å². The van der Waals surface area contributed by atoms with Gasteiger partial charge in [-0.15, -0.1) is 0 Å². The average molecular weight is 415 g/mol. The number of carbonyl (C=O) groups is 1. The van der Waals surface area contributed by atoms with Gasteiger partial charge in [0.1, 0.15) is 24.4 Å². The molecule has 1 amide bonds. The van der Waals surface area contributed by atoms with Gasteiger partial charge in [-0.1, -0.05) is 12.1 Å². The van der Waals surface area contributed by atoms with Crippen LogP contribution < -0.4 is 10.2 Å². The molecule has 1 spiro atoms. The number of methoxy groups -OCH3 is 1. The fourth-order valence-corrected chi connectivity index (χ4v) is 4.75. The number of hydrogen-bond acceptors (Lipinski definition) is 7. The summed E-state index contributed by atoms with van der Waals surface area (Å²) in [4.78, 5) is 23.7. The monoisotopic (exact) mass is 414 g/mol. The zero-order valence-corrected chi connectivity index (χ0v) is 17.9. The van der Waals surface area contributed by atoms with E-state index in [1.54, 1.807) is 0 Å². The summed E-state index contributed by atoms with van der Waals surface area (Å²) in [5.41, 5.74) is -0.164. The standard InChI is InChI=1S/C22H30N4O4/c1-15-23-17-7-5-4-6-16(17)20(24-15)26-10-8-22(9-11-26)14-21(2,18(27)12-30-22)25-19(28)13-29-3/h4-7,18,27H,8-14H2,1-3H3,(H,25,28)/t18?,21-/m0/s1. The maximum atomic E-state index is 12.1. The lowest BCUT2D eigenvalue weighted by Crippen LogP contribution is -2.66. The van der Waals surface area contributed by atoms with Gasteiger partial charge in [0.05, 0.1) is 23.3 Å². The van der Waals surface area contributed by atoms with E-state index in [0.717, 1.165) is 48.5 Å². The molecular formula is C22H30N4O4. The van der Waals surface area contributed by atoms with Gasteiger partial charge >= 0.3 is 0 Å². The van der Waals surface area contributed by atoms with Crippen LogP contribution in [0.5, 0.6) is 0 Å². The normalized spacial score (nSPS) is 26.1. The van der Waals surface area contributed by atoms with Crippen LogP contribution in [0.3, 0.4) is 0 Å². The third kappa shape index (κ3) is 3.99. The maximum absolute atomic E-state index is 12.1. The topological polar surface area (TPSA) is 96.8 Å². The summed E-state index contributed by atoms with van der Waals surface area (Å²) in [6, 6.07) is 8.07. The summed E-state index contributed by atoms with van der Waals surface area (Å²) in [7, 11) is 1.48. The summed E-state index contributed by atoms with van der Waals surface area (Å²) in [5.74, 6) is 1.49. The van der Waals surface area contributed by atoms with Crippen molar-refractivity contribution in [1.29, 1.82) is 0 Å². The minimum absolute atomic E-state index is 0.0237. The fourth-order valence-electron chi connectivity index (χ4n) is 4.75. The van der Waals surface area contributed by atoms with Crippen LogP contribution in [0.4, 0.5) is 5.82 Å². The molecule has 0 radical (unpaired) electrons. The number of piperidine rings is 1. The molecule has 0 saturated carbocycles. The van der Waals surface area contributed by atoms with Crippen molar-refractivity contribution in [3.05, 3.63) is 30.1 Å². The molecular weight excluding hydrogens is 384 g/mol. The molecule has 1 aromatic carbocycles. The number of ether oxygens (including phenoxy) is 2. The molecule has 30 heavy (non-hydrogen) atoms. The second-order valence-corrected chi connectivity index (χ2v) is 8.68. The van der Waals surface area contributed by atoms with Crippen molar-refractivity contribution in [1.82, 2.24) is 15.3 Å². The van der Waals surface area contributed by atoms with Crippen molar-refractivity contribution >= 4 is 22.6 Å². The summed E-state index contributed by atoms with van der Waals surface area (Å²) in [5, 5.41) is 14.5. The van der Waals surface area contributed by atoms with Gasteiger partial charge in [-0.2, -0.15) is 0 Å². The van der Waals surface area contributed by atoms with E-state index in [-0.39, 0.29) is 24.7 Å². The largest absolute Gasteiger partial charge is 0.388 e. The Hall–Kier alpha value is -2.29. The highest BCUT2D eigenvalue weighted by Gasteiger charge is 2.50. The van der Waals surface area contributed by atoms with Crippen molar-refractivity contribution in [3.63, 3.8) is 0 Å². The third-order valence-electron chi connectivity index (χ3n) is 6.34. The number of aryl methyl sites for hydroxylation is 1. The van der Waals surface area contributed by atoms with E-state index in [0.29, 0.717) is 6.42 Å². The van der Waals surface area contributed by atoms with E-state index in [9.17, 15) is 9.90 Å². The highest BCUT2D eigenvalue weighted by molar-refractivity contribution is 5.89. The quantitative estimate of drug-likeness (QED) is 0.784. The van der Waals surface area contributed by atoms with Crippen LogP contribution in [0.2, 0.25) is 0 Å². The predicted molar refractivity (Wildman–Crippen MR) is 113 cm³/mol. The smallest absolute Gasteiger partial charge is 0.246 e. The first-order valence-corrected chi connectivity index (χ1v) is 10.4. The number of amides is 1. The van der Waals surface area contributed by atoms with Gasteiger partial charge in [-0.3, -0.25) is 4.79 Å². The Morgan fingerprint density at radius 3 is 2.80 bits per heavy atom. The minimum atomic E-state index is -0.754. The Labute approximate surface area is 176 Å². The molecule has 1 aromatic heterocycles. The van der Waals surface area contributed by atoms with Gasteiger partial charge in [0, 0.05) is 32.0 Å². The van der Waals surface area contributed by atoms with E-state index in [1.165, 1.54) is 7.11 Å². The first-order valence-electron chi connectivity index (χ1n) is 10.4. The van der Waals surface area contributed by atoms with Crippen LogP contribution in [-0.4, -0.2) is 71.6 Å². The van der Waals surface area contributed by atoms with Crippen LogP contribution in [-0.2, 0) is 14.3 Å². The number of rotatable bonds is 4. The molecule has 2 saturated heterocycles. The molecule has 2 fully saturated rings. The molecule has 8 heteroatoms. The summed E-state index contributed by atoms with van der Waals surface area (Å²) >= 11 is 0. The number of nitrogens with one attached hydrogen (secondary N) is 1. The molecule has 2 aliphatic rings. The number of carbonyl (C=O) groups excluding carboxylic acids is 1. The van der Waals surface area contributed by atoms with Gasteiger partial charge in [0.2, 0.25) is 5.91 Å². The fraction of sp³-hybridized carbons (Fsp3) is 0.591. The van der Waals surface area contributed by atoms with E-state index in [1.807, 2.05) is 32.0 Å². The van der Waals surface area contributed by atoms with E-state index in [2.05, 4.69) is 21.3 Å². The SMILES string of the molecule is COCC(=O)N[C@@]1(C)CC2(CCN(c3nc(C)nc4ccccc34)CC2)OCC1O. The second-order valence-electron chi connectivity index (χ2n) is 8.68. The van der Waals surface area contributed by atoms with Crippen LogP contribution in [0, 0.1) is 6.92 Å². The summed E-state index contributed by atoms with van der Waals surface area (Å²) in [6.07, 6.45) is 1.41. The van der Waals surface area contributed by atoms with Crippen LogP contribution >= 0.6 is 0 Å². The van der Waals surface area contributed by atoms with Gasteiger partial charge in [0.15, 0.2) is 0 Å². The average Bonchev–Trinajstić information content (AvgIpc) is 2.71. The zero-order valence-electron chi connectivity index (χ0n) is 17.9. The van der Waals surface area contributed by atoms with Crippen LogP contribution in [0.25, 0.3) is 10.9 Å². The molecule has 2 atom stereocenters. The van der Waals surface area contributed by atoms with Gasteiger partial charge in [-0.05, 0) is 38.8 Å². The number of fused-ring (bicyclic) bond motifs is 1. The molecule has 2 aliphatic heterocycles. The molecule has 0 bridgehead atoms. The van der Waals surface area contributed by atoms with Crippen molar-refractivity contribution in [2.75, 3.05) is 38.3 Å². The van der Waals surface area contributed by atoms with Crippen molar-refractivity contribution in [2.45, 2.75) is 50.4 Å². The Morgan fingerprint density at radius 1 is 1.33 bits per heavy atom. The summed E-state index contributed by atoms with van der Waals surface area (Å²) < 4.78 is 11.1. The number of para-hydroxylation sites is 1. The van der Waals surface area contributed by atoms with Crippen LogP contribution in [0.15, 0.2) is 24.3 Å². The molecule has 1 unspecified atom stereocenters. The number of aromatic nitrogens is 2. The zero-order chi connectivity index (χ0) is 21.4. The van der Waals surface area contributed by atoms with Gasteiger partial charge in [0.25, 0.3) is 0 Å². The Morgan fingerprint density at radius 2 is 2.07 bits per heavy atom. The Bertz CT molecular complexity index is 928. The van der Waals surface area contributed by atoms with Gasteiger partial charge in [-0.25, -0.2) is 9.97 Å². The number of hydrogen-bond donors (Lipinski definition) is 2. The van der Waals surface area contributed by atoms with Crippen molar-refractivity contribution in [2.24, 2.45) is 0 Å². The number of anilines is 1. The van der Waals surface area contributed by atoms with Crippen LogP contribution in [0.1, 0.15) is 32.0 Å². The molecule has 8 nitrogen and oxygen atoms in total. The Balaban J connectivity index is 1.51. The molecule has 3 heterocycles. The Kier molecular flexibility index (Phi) is 5.65. The lowest BCUT2D eigenvalue weighted by Gasteiger charge is -2.52. The molecule has 0 aliphatic carbocycles. The third-order valence-corrected chi connectivity index (χ3v) is 6.34. The molecule has 2 aromatic rings. The first-order chi connectivity index (χ1) is 14.3. The maximum Gasteiger partial charge on any atom is 0.246 e. The number of benzene rings is 1. The highest BCUT2D eigenvalue weighted by Crippen LogP contribution is 2.41. The predicted octanol–water partition coefficient (Wildman–Crippen LogP) is 1.58. The number of aliphatic hydroxyl groups excluding tert-OH is 1. The number of nitrogens with zero attached hydrogens (tertiary/aromatic N) is 3. The van der Waals surface area contributed by atoms with Crippen molar-refractivity contribution in [3.8, 4) is 0 Å². The first kappa shape index (κ1) is 21.0. The van der Waals surface area contributed by atoms with E-state index in [4.69, 9.17) is 14.5 Å². The molecule has 2 N–H and O–H groups in total. The molecule has 162 valence electrons. The summed E-state index contributed by atoms with van der Waals surface area (Å²) in [6.45, 7) is 5.57. The lowest BCUT2D eigenvalue weighted by molar-refractivity contribution is -0.173. The second kappa shape index (κ2) is 8.09. The molecule has 4 rings (SSSR count). The van der Waals surface area contributed by atoms with E-state index >= 15 is 0 Å². The highest BCUT2D eigenvalue weighted by atomic mass is 16.5. The lowest BCUT2D eigenvalue weighted by atomic mass is 9.74. The minimum Gasteiger partial charge on any atom is -0.388 e. The number of aliphatic hydroxyl groups is 1. The van der Waals surface area contributed by atoms with Gasteiger partial charge < -0.3 is 24.8 Å². The van der Waals surface area contributed by atoms with Crippen molar-refractivity contribution < 1.29 is 19.4 Å².